The molecule has 3 aliphatic rings. The molecule has 1 aromatic heterocycles. The van der Waals surface area contributed by atoms with Gasteiger partial charge in [0.1, 0.15) is 11.6 Å². The van der Waals surface area contributed by atoms with Crippen molar-refractivity contribution in [1.29, 1.82) is 5.26 Å². The number of nitriles is 1. The maximum absolute atomic E-state index is 11.8. The average Bonchev–Trinajstić information content (AvgIpc) is 3.73. The molecule has 1 aliphatic heterocycles. The summed E-state index contributed by atoms with van der Waals surface area (Å²) in [6.07, 6.45) is 1.88. The van der Waals surface area contributed by atoms with Gasteiger partial charge in [-0.25, -0.2) is 14.6 Å². The molecule has 3 N–H and O–H groups in total. The van der Waals surface area contributed by atoms with E-state index in [1.54, 1.807) is 18.2 Å². The molecule has 2 aromatic rings. The number of halogens is 3. The Morgan fingerprint density at radius 2 is 1.83 bits per heavy atom. The van der Waals surface area contributed by atoms with E-state index in [1.165, 1.54) is 23.2 Å². The van der Waals surface area contributed by atoms with Crippen molar-refractivity contribution in [1.82, 2.24) is 14.9 Å². The zero-order valence-corrected chi connectivity index (χ0v) is 19.4. The molecule has 2 atom stereocenters. The van der Waals surface area contributed by atoms with E-state index in [2.05, 4.69) is 25.7 Å². The van der Waals surface area contributed by atoms with Crippen LogP contribution in [0.15, 0.2) is 41.3 Å². The summed E-state index contributed by atoms with van der Waals surface area (Å²) >= 11 is 0. The number of aromatic amines is 1. The molecule has 12 heteroatoms. The monoisotopic (exact) mass is 504 g/mol. The van der Waals surface area contributed by atoms with Crippen LogP contribution in [-0.2, 0) is 0 Å². The molecule has 0 radical (unpaired) electrons. The Balaban J connectivity index is 0.000000187. The molecule has 5 rings (SSSR count). The van der Waals surface area contributed by atoms with Crippen LogP contribution in [0.5, 0.6) is 5.75 Å². The Morgan fingerprint density at radius 1 is 1.14 bits per heavy atom. The molecule has 1 saturated heterocycles. The van der Waals surface area contributed by atoms with Crippen LogP contribution in [0.3, 0.4) is 0 Å². The zero-order valence-electron chi connectivity index (χ0n) is 19.4. The molecule has 2 heterocycles. The number of hydrogen-bond donors (Lipinski definition) is 2. The van der Waals surface area contributed by atoms with Gasteiger partial charge in [0.25, 0.3) is 0 Å². The number of anilines is 1. The number of H-pyrrole nitrogens is 1. The number of carbonyl (C=O) groups excluding carboxylic acids is 1. The number of hydrogen-bond acceptors (Lipinski definition) is 6. The first kappa shape index (κ1) is 25.3. The Labute approximate surface area is 205 Å². The summed E-state index contributed by atoms with van der Waals surface area (Å²) in [4.78, 5) is 33.0. The van der Waals surface area contributed by atoms with E-state index >= 15 is 0 Å². The molecular weight excluding hydrogens is 477 g/mol. The highest BCUT2D eigenvalue weighted by Crippen LogP contribution is 2.40. The van der Waals surface area contributed by atoms with Gasteiger partial charge in [-0.05, 0) is 61.8 Å². The van der Waals surface area contributed by atoms with Crippen molar-refractivity contribution in [2.24, 2.45) is 11.7 Å². The Kier molecular flexibility index (Phi) is 7.37. The minimum Gasteiger partial charge on any atom is -0.406 e. The van der Waals surface area contributed by atoms with Crippen LogP contribution in [0.25, 0.3) is 0 Å². The van der Waals surface area contributed by atoms with E-state index in [0.717, 1.165) is 31.2 Å². The molecule has 2 saturated carbocycles. The third kappa shape index (κ3) is 6.90. The van der Waals surface area contributed by atoms with Crippen molar-refractivity contribution in [3.8, 4) is 11.8 Å². The summed E-state index contributed by atoms with van der Waals surface area (Å²) in [6, 6.07) is 9.89. The maximum Gasteiger partial charge on any atom is 0.573 e. The lowest BCUT2D eigenvalue weighted by atomic mass is 9.94. The second kappa shape index (κ2) is 10.5. The van der Waals surface area contributed by atoms with Crippen molar-refractivity contribution in [2.75, 3.05) is 18.0 Å². The summed E-state index contributed by atoms with van der Waals surface area (Å²) in [7, 11) is 0. The first-order valence-electron chi connectivity index (χ1n) is 11.8. The molecule has 3 fully saturated rings. The van der Waals surface area contributed by atoms with Gasteiger partial charge in [0.05, 0.1) is 12.0 Å². The highest BCUT2D eigenvalue weighted by molar-refractivity contribution is 5.72. The molecule has 2 amide bonds. The number of alkyl halides is 3. The SMILES string of the molecule is FC(F)(F)Oc1ccc(C2CC2)cc1.N#CC1CC(N(c2ccnc(=O)[nH]2)C2CC2)CN(C(N)=O)C1. The lowest BCUT2D eigenvalue weighted by molar-refractivity contribution is -0.274. The number of nitrogens with zero attached hydrogens (tertiary/aromatic N) is 4. The number of rotatable bonds is 5. The number of carbonyl (C=O) groups is 1. The Bertz CT molecular complexity index is 1160. The summed E-state index contributed by atoms with van der Waals surface area (Å²) in [5.41, 5.74) is 6.09. The molecule has 192 valence electrons. The van der Waals surface area contributed by atoms with Crippen LogP contribution in [0.4, 0.5) is 23.8 Å². The quantitative estimate of drug-likeness (QED) is 0.642. The number of amides is 2. The maximum atomic E-state index is 11.8. The van der Waals surface area contributed by atoms with Crippen LogP contribution in [-0.4, -0.2) is 52.4 Å². The average molecular weight is 505 g/mol. The lowest BCUT2D eigenvalue weighted by Gasteiger charge is -2.41. The Morgan fingerprint density at radius 3 is 2.36 bits per heavy atom. The molecule has 9 nitrogen and oxygen atoms in total. The van der Waals surface area contributed by atoms with Crippen molar-refractivity contribution >= 4 is 11.8 Å². The van der Waals surface area contributed by atoms with Crippen LogP contribution < -0.4 is 21.1 Å². The zero-order chi connectivity index (χ0) is 25.9. The van der Waals surface area contributed by atoms with Crippen LogP contribution in [0, 0.1) is 17.2 Å². The van der Waals surface area contributed by atoms with E-state index in [4.69, 9.17) is 5.73 Å². The van der Waals surface area contributed by atoms with Gasteiger partial charge in [-0.3, -0.25) is 4.98 Å². The number of benzene rings is 1. The van der Waals surface area contributed by atoms with Gasteiger partial charge in [-0.1, -0.05) is 12.1 Å². The summed E-state index contributed by atoms with van der Waals surface area (Å²) in [5, 5.41) is 9.24. The largest absolute Gasteiger partial charge is 0.573 e. The van der Waals surface area contributed by atoms with E-state index in [9.17, 15) is 28.0 Å². The predicted molar refractivity (Wildman–Crippen MR) is 124 cm³/mol. The van der Waals surface area contributed by atoms with Gasteiger partial charge in [-0.15, -0.1) is 13.2 Å². The summed E-state index contributed by atoms with van der Waals surface area (Å²) in [5.74, 6) is 0.841. The second-order valence-corrected chi connectivity index (χ2v) is 9.25. The number of ether oxygens (including phenoxy) is 1. The first-order valence-corrected chi connectivity index (χ1v) is 11.8. The second-order valence-electron chi connectivity index (χ2n) is 9.25. The number of urea groups is 1. The number of nitrogens with two attached hydrogens (primary N) is 1. The lowest BCUT2D eigenvalue weighted by Crippen LogP contribution is -2.55. The number of aromatic nitrogens is 2. The fraction of sp³-hybridized carbons (Fsp3) is 0.500. The fourth-order valence-electron chi connectivity index (χ4n) is 4.46. The van der Waals surface area contributed by atoms with Gasteiger partial charge in [0, 0.05) is 31.4 Å². The summed E-state index contributed by atoms with van der Waals surface area (Å²) in [6.45, 7) is 0.835. The standard InChI is InChI=1S/C14H18N6O2.C10H9F3O/c15-6-9-5-11(8-19(7-9)13(16)21)20(10-1-2-10)12-3-4-17-14(22)18-12;11-10(12,13)14-9-5-3-8(4-6-9)7-1-2-7/h3-4,9-11H,1-2,5,7-8H2,(H2,16,21)(H,17,18,22);3-7H,1-2H2. The predicted octanol–water partition coefficient (Wildman–Crippen LogP) is 3.49. The van der Waals surface area contributed by atoms with E-state index in [-0.39, 0.29) is 17.7 Å². The molecule has 1 aromatic carbocycles. The van der Waals surface area contributed by atoms with E-state index in [1.807, 2.05) is 0 Å². The molecule has 36 heavy (non-hydrogen) atoms. The van der Waals surface area contributed by atoms with Gasteiger partial charge in [0.2, 0.25) is 0 Å². The van der Waals surface area contributed by atoms with Gasteiger partial charge >= 0.3 is 18.1 Å². The molecule has 0 bridgehead atoms. The minimum absolute atomic E-state index is 0.0311. The van der Waals surface area contributed by atoms with Crippen LogP contribution >= 0.6 is 0 Å². The van der Waals surface area contributed by atoms with Crippen LogP contribution in [0.1, 0.15) is 43.6 Å². The first-order chi connectivity index (χ1) is 17.1. The smallest absolute Gasteiger partial charge is 0.406 e. The summed E-state index contributed by atoms with van der Waals surface area (Å²) < 4.78 is 39.1. The van der Waals surface area contributed by atoms with Crippen molar-refractivity contribution in [3.63, 3.8) is 0 Å². The number of nitrogens with one attached hydrogen (secondary N) is 1. The van der Waals surface area contributed by atoms with Crippen molar-refractivity contribution < 1.29 is 22.7 Å². The topological polar surface area (TPSA) is 128 Å². The van der Waals surface area contributed by atoms with Crippen molar-refractivity contribution in [2.45, 2.75) is 56.5 Å². The molecule has 0 spiro atoms. The number of piperidine rings is 1. The van der Waals surface area contributed by atoms with Gasteiger partial charge in [0.15, 0.2) is 0 Å². The third-order valence-corrected chi connectivity index (χ3v) is 6.36. The molecule has 2 unspecified atom stereocenters. The number of primary amides is 1. The van der Waals surface area contributed by atoms with Crippen molar-refractivity contribution in [3.05, 3.63) is 52.6 Å². The minimum atomic E-state index is -4.60. The van der Waals surface area contributed by atoms with Gasteiger partial charge in [-0.2, -0.15) is 5.26 Å². The van der Waals surface area contributed by atoms with E-state index < -0.39 is 18.1 Å². The number of likely N-dealkylation sites (tertiary alicyclic amines) is 1. The highest BCUT2D eigenvalue weighted by Gasteiger charge is 2.39. The van der Waals surface area contributed by atoms with Crippen LogP contribution in [0.2, 0.25) is 0 Å². The highest BCUT2D eigenvalue weighted by atomic mass is 19.4. The fourth-order valence-corrected chi connectivity index (χ4v) is 4.46. The molecular formula is C24H27F3N6O3. The van der Waals surface area contributed by atoms with Gasteiger partial charge < -0.3 is 20.3 Å². The third-order valence-electron chi connectivity index (χ3n) is 6.36. The molecule has 2 aliphatic carbocycles. The Hall–Kier alpha value is -3.75. The normalized spacial score (nSPS) is 21.6. The van der Waals surface area contributed by atoms with E-state index in [0.29, 0.717) is 37.3 Å².